The van der Waals surface area contributed by atoms with Crippen molar-refractivity contribution in [3.05, 3.63) is 53.6 Å². The number of esters is 1. The Balaban J connectivity index is 1.97. The predicted molar refractivity (Wildman–Crippen MR) is 84.9 cm³/mol. The maximum absolute atomic E-state index is 13.4. The van der Waals surface area contributed by atoms with Gasteiger partial charge in [-0.05, 0) is 30.3 Å². The molecule has 27 heavy (non-hydrogen) atoms. The minimum atomic E-state index is -3.08. The normalized spacial score (nSPS) is 10.4. The van der Waals surface area contributed by atoms with Crippen molar-refractivity contribution >= 4 is 17.6 Å². The topological polar surface area (TPSA) is 73.9 Å². The van der Waals surface area contributed by atoms with Gasteiger partial charge in [0.2, 0.25) is 0 Å². The lowest BCUT2D eigenvalue weighted by Crippen LogP contribution is -2.21. The summed E-state index contributed by atoms with van der Waals surface area (Å²) in [5.74, 6) is -4.04. The van der Waals surface area contributed by atoms with E-state index >= 15 is 0 Å². The summed E-state index contributed by atoms with van der Waals surface area (Å²) in [4.78, 5) is 23.7. The quantitative estimate of drug-likeness (QED) is 0.583. The van der Waals surface area contributed by atoms with Crippen molar-refractivity contribution in [2.75, 3.05) is 19.0 Å². The van der Waals surface area contributed by atoms with E-state index in [0.29, 0.717) is 6.07 Å². The van der Waals surface area contributed by atoms with E-state index in [1.165, 1.54) is 7.11 Å². The minimum Gasteiger partial charge on any atom is -0.493 e. The number of hydrogen-bond donors (Lipinski definition) is 1. The van der Waals surface area contributed by atoms with E-state index in [9.17, 15) is 27.2 Å². The van der Waals surface area contributed by atoms with E-state index in [1.807, 2.05) is 0 Å². The maximum Gasteiger partial charge on any atom is 0.387 e. The van der Waals surface area contributed by atoms with Crippen molar-refractivity contribution < 1.29 is 41.4 Å². The van der Waals surface area contributed by atoms with Crippen LogP contribution in [0.1, 0.15) is 10.4 Å². The minimum absolute atomic E-state index is 0.0887. The smallest absolute Gasteiger partial charge is 0.387 e. The van der Waals surface area contributed by atoms with Gasteiger partial charge in [-0.15, -0.1) is 0 Å². The van der Waals surface area contributed by atoms with Crippen LogP contribution in [-0.2, 0) is 9.53 Å². The SMILES string of the molecule is COc1cc(C(=O)OCC(=O)Nc2ccc(F)cc2F)ccc1OC(F)F. The monoisotopic (exact) mass is 387 g/mol. The van der Waals surface area contributed by atoms with Crippen LogP contribution in [0.15, 0.2) is 36.4 Å². The molecule has 10 heteroatoms. The Kier molecular flexibility index (Phi) is 6.58. The third-order valence-corrected chi connectivity index (χ3v) is 3.15. The van der Waals surface area contributed by atoms with Gasteiger partial charge < -0.3 is 19.5 Å². The predicted octanol–water partition coefficient (Wildman–Crippen LogP) is 3.37. The van der Waals surface area contributed by atoms with E-state index in [-0.39, 0.29) is 22.7 Å². The Labute approximate surface area is 150 Å². The summed E-state index contributed by atoms with van der Waals surface area (Å²) >= 11 is 0. The second-order valence-corrected chi connectivity index (χ2v) is 4.99. The molecule has 6 nitrogen and oxygen atoms in total. The second-order valence-electron chi connectivity index (χ2n) is 4.99. The molecule has 0 bridgehead atoms. The molecule has 144 valence electrons. The number of amides is 1. The van der Waals surface area contributed by atoms with E-state index < -0.39 is 36.7 Å². The molecule has 0 radical (unpaired) electrons. The first kappa shape index (κ1) is 20.0. The lowest BCUT2D eigenvalue weighted by molar-refractivity contribution is -0.119. The fourth-order valence-electron chi connectivity index (χ4n) is 1.98. The largest absolute Gasteiger partial charge is 0.493 e. The van der Waals surface area contributed by atoms with Gasteiger partial charge in [0, 0.05) is 6.07 Å². The van der Waals surface area contributed by atoms with Crippen molar-refractivity contribution in [2.24, 2.45) is 0 Å². The summed E-state index contributed by atoms with van der Waals surface area (Å²) < 4.78 is 64.6. The van der Waals surface area contributed by atoms with Gasteiger partial charge in [0.1, 0.15) is 11.6 Å². The second kappa shape index (κ2) is 8.88. The summed E-state index contributed by atoms with van der Waals surface area (Å²) in [6.07, 6.45) is 0. The molecule has 0 unspecified atom stereocenters. The van der Waals surface area contributed by atoms with Gasteiger partial charge in [-0.2, -0.15) is 8.78 Å². The number of alkyl halides is 2. The van der Waals surface area contributed by atoms with Crippen LogP contribution in [0.5, 0.6) is 11.5 Å². The number of nitrogens with one attached hydrogen (secondary N) is 1. The molecule has 0 aromatic heterocycles. The van der Waals surface area contributed by atoms with Crippen LogP contribution >= 0.6 is 0 Å². The fourth-order valence-corrected chi connectivity index (χ4v) is 1.98. The van der Waals surface area contributed by atoms with Gasteiger partial charge in [0.25, 0.3) is 5.91 Å². The molecular formula is C17H13F4NO5. The van der Waals surface area contributed by atoms with Crippen molar-refractivity contribution in [1.82, 2.24) is 0 Å². The Morgan fingerprint density at radius 2 is 1.81 bits per heavy atom. The van der Waals surface area contributed by atoms with Gasteiger partial charge >= 0.3 is 12.6 Å². The Bertz CT molecular complexity index is 844. The third-order valence-electron chi connectivity index (χ3n) is 3.15. The summed E-state index contributed by atoms with van der Waals surface area (Å²) in [7, 11) is 1.19. The van der Waals surface area contributed by atoms with E-state index in [0.717, 1.165) is 30.3 Å². The Hall–Kier alpha value is -3.30. The zero-order valence-corrected chi connectivity index (χ0v) is 13.8. The highest BCUT2D eigenvalue weighted by Gasteiger charge is 2.16. The fraction of sp³-hybridized carbons (Fsp3) is 0.176. The number of hydrogen-bond acceptors (Lipinski definition) is 5. The van der Waals surface area contributed by atoms with E-state index in [1.54, 1.807) is 0 Å². The Morgan fingerprint density at radius 3 is 2.44 bits per heavy atom. The highest BCUT2D eigenvalue weighted by molar-refractivity contribution is 5.95. The van der Waals surface area contributed by atoms with E-state index in [2.05, 4.69) is 10.1 Å². The number of anilines is 1. The van der Waals surface area contributed by atoms with Crippen LogP contribution in [0.2, 0.25) is 0 Å². The lowest BCUT2D eigenvalue weighted by Gasteiger charge is -2.11. The molecule has 0 aliphatic rings. The molecule has 0 saturated heterocycles. The molecule has 1 amide bonds. The van der Waals surface area contributed by atoms with Crippen molar-refractivity contribution in [3.8, 4) is 11.5 Å². The lowest BCUT2D eigenvalue weighted by atomic mass is 10.2. The van der Waals surface area contributed by atoms with Crippen LogP contribution in [0.4, 0.5) is 23.2 Å². The van der Waals surface area contributed by atoms with Crippen molar-refractivity contribution in [3.63, 3.8) is 0 Å². The molecule has 0 fully saturated rings. The molecule has 2 aromatic carbocycles. The maximum atomic E-state index is 13.4. The molecule has 0 aliphatic carbocycles. The molecular weight excluding hydrogens is 374 g/mol. The Morgan fingerprint density at radius 1 is 1.07 bits per heavy atom. The molecule has 1 N–H and O–H groups in total. The molecule has 0 heterocycles. The number of carbonyl (C=O) groups excluding carboxylic acids is 2. The molecule has 2 aromatic rings. The van der Waals surface area contributed by atoms with Gasteiger partial charge in [0.15, 0.2) is 18.1 Å². The average Bonchev–Trinajstić information content (AvgIpc) is 2.62. The summed E-state index contributed by atoms with van der Waals surface area (Å²) in [6.45, 7) is -3.83. The molecule has 0 atom stereocenters. The standard InChI is InChI=1S/C17H13F4NO5/c1-25-14-6-9(2-5-13(14)27-17(20)21)16(24)26-8-15(23)22-12-4-3-10(18)7-11(12)19/h2-7,17H,8H2,1H3,(H,22,23). The third kappa shape index (κ3) is 5.59. The first-order valence-electron chi connectivity index (χ1n) is 7.35. The summed E-state index contributed by atoms with van der Waals surface area (Å²) in [6, 6.07) is 5.85. The van der Waals surface area contributed by atoms with E-state index in [4.69, 9.17) is 9.47 Å². The number of rotatable bonds is 7. The van der Waals surface area contributed by atoms with Crippen molar-refractivity contribution in [2.45, 2.75) is 6.61 Å². The number of methoxy groups -OCH3 is 1. The van der Waals surface area contributed by atoms with Gasteiger partial charge in [-0.3, -0.25) is 4.79 Å². The van der Waals surface area contributed by atoms with Gasteiger partial charge in [-0.1, -0.05) is 0 Å². The first-order valence-corrected chi connectivity index (χ1v) is 7.35. The van der Waals surface area contributed by atoms with Gasteiger partial charge in [-0.25, -0.2) is 13.6 Å². The zero-order chi connectivity index (χ0) is 20.0. The number of carbonyl (C=O) groups is 2. The molecule has 0 aliphatic heterocycles. The number of halogens is 4. The molecule has 0 spiro atoms. The number of ether oxygens (including phenoxy) is 3. The summed E-state index contributed by atoms with van der Waals surface area (Å²) in [5.41, 5.74) is -0.373. The molecule has 0 saturated carbocycles. The van der Waals surface area contributed by atoms with Crippen LogP contribution in [0.25, 0.3) is 0 Å². The van der Waals surface area contributed by atoms with Crippen LogP contribution in [0.3, 0.4) is 0 Å². The highest BCUT2D eigenvalue weighted by atomic mass is 19.3. The summed E-state index contributed by atoms with van der Waals surface area (Å²) in [5, 5.41) is 2.11. The van der Waals surface area contributed by atoms with Gasteiger partial charge in [0.05, 0.1) is 18.4 Å². The van der Waals surface area contributed by atoms with Crippen LogP contribution in [0, 0.1) is 11.6 Å². The van der Waals surface area contributed by atoms with Crippen LogP contribution < -0.4 is 14.8 Å². The first-order chi connectivity index (χ1) is 12.8. The van der Waals surface area contributed by atoms with Crippen LogP contribution in [-0.4, -0.2) is 32.2 Å². The zero-order valence-electron chi connectivity index (χ0n) is 13.8. The number of benzene rings is 2. The highest BCUT2D eigenvalue weighted by Crippen LogP contribution is 2.29. The average molecular weight is 387 g/mol. The molecule has 2 rings (SSSR count). The van der Waals surface area contributed by atoms with Crippen molar-refractivity contribution in [1.29, 1.82) is 0 Å².